The van der Waals surface area contributed by atoms with Gasteiger partial charge in [0.25, 0.3) is 0 Å². The lowest BCUT2D eigenvalue weighted by molar-refractivity contribution is 0.619. The highest BCUT2D eigenvalue weighted by molar-refractivity contribution is 7.22. The highest BCUT2D eigenvalue weighted by atomic mass is 32.1. The lowest BCUT2D eigenvalue weighted by Gasteiger charge is -2.08. The van der Waals surface area contributed by atoms with E-state index in [1.807, 2.05) is 24.5 Å². The highest BCUT2D eigenvalue weighted by Gasteiger charge is 2.12. The standard InChI is InChI=1S/C24H22FN7S/c1-3-20-26-10-11-32(20)13-16-4-6-17(7-5-16)30-24-31-23-21(33-24)22(27-14-28-23)29-18-8-9-19(25)15(2)12-18/h4-12,14H,3,13H2,1-2H3,(H2,27,28,29,30,31). The van der Waals surface area contributed by atoms with Crippen LogP contribution in [0.25, 0.3) is 10.3 Å². The summed E-state index contributed by atoms with van der Waals surface area (Å²) in [7, 11) is 0. The molecular formula is C24H22FN7S. The second-order valence-electron chi connectivity index (χ2n) is 7.63. The number of hydrogen-bond acceptors (Lipinski definition) is 7. The Kier molecular flexibility index (Phi) is 5.70. The van der Waals surface area contributed by atoms with Gasteiger partial charge in [0.05, 0.1) is 0 Å². The van der Waals surface area contributed by atoms with Crippen molar-refractivity contribution in [2.24, 2.45) is 0 Å². The Labute approximate surface area is 194 Å². The quantitative estimate of drug-likeness (QED) is 0.319. The number of aryl methyl sites for hydroxylation is 2. The Balaban J connectivity index is 1.33. The number of aromatic nitrogens is 5. The van der Waals surface area contributed by atoms with Crippen molar-refractivity contribution >= 4 is 44.0 Å². The first-order chi connectivity index (χ1) is 16.1. The first-order valence-corrected chi connectivity index (χ1v) is 11.4. The van der Waals surface area contributed by atoms with Gasteiger partial charge in [0.1, 0.15) is 22.7 Å². The molecule has 3 heterocycles. The molecule has 0 unspecified atom stereocenters. The monoisotopic (exact) mass is 459 g/mol. The number of anilines is 4. The van der Waals surface area contributed by atoms with Gasteiger partial charge in [-0.15, -0.1) is 0 Å². The van der Waals surface area contributed by atoms with Crippen molar-refractivity contribution in [2.75, 3.05) is 10.6 Å². The summed E-state index contributed by atoms with van der Waals surface area (Å²) < 4.78 is 16.6. The smallest absolute Gasteiger partial charge is 0.189 e. The summed E-state index contributed by atoms with van der Waals surface area (Å²) in [4.78, 5) is 17.6. The Morgan fingerprint density at radius 1 is 1.00 bits per heavy atom. The third-order valence-electron chi connectivity index (χ3n) is 5.29. The molecule has 7 nitrogen and oxygen atoms in total. The van der Waals surface area contributed by atoms with Crippen LogP contribution in [0.2, 0.25) is 0 Å². The molecule has 5 aromatic rings. The maximum absolute atomic E-state index is 13.6. The molecule has 33 heavy (non-hydrogen) atoms. The molecule has 0 bridgehead atoms. The summed E-state index contributed by atoms with van der Waals surface area (Å²) >= 11 is 1.46. The van der Waals surface area contributed by atoms with Crippen LogP contribution in [0.15, 0.2) is 61.2 Å². The van der Waals surface area contributed by atoms with Gasteiger partial charge in [0.2, 0.25) is 0 Å². The van der Waals surface area contributed by atoms with Crippen molar-refractivity contribution in [1.29, 1.82) is 0 Å². The predicted octanol–water partition coefficient (Wildman–Crippen LogP) is 5.83. The molecule has 3 aromatic heterocycles. The minimum Gasteiger partial charge on any atom is -0.339 e. The Hall–Kier alpha value is -3.85. The number of nitrogens with zero attached hydrogens (tertiary/aromatic N) is 5. The minimum absolute atomic E-state index is 0.237. The van der Waals surface area contributed by atoms with Crippen LogP contribution < -0.4 is 10.6 Å². The van der Waals surface area contributed by atoms with Gasteiger partial charge in [-0.2, -0.15) is 4.98 Å². The fourth-order valence-electron chi connectivity index (χ4n) is 3.57. The zero-order chi connectivity index (χ0) is 22.8. The van der Waals surface area contributed by atoms with Gasteiger partial charge in [0.15, 0.2) is 16.6 Å². The van der Waals surface area contributed by atoms with Gasteiger partial charge in [-0.25, -0.2) is 19.3 Å². The maximum atomic E-state index is 13.6. The van der Waals surface area contributed by atoms with Crippen LogP contribution in [0.4, 0.5) is 26.7 Å². The van der Waals surface area contributed by atoms with Crippen molar-refractivity contribution in [2.45, 2.75) is 26.8 Å². The number of fused-ring (bicyclic) bond motifs is 1. The van der Waals surface area contributed by atoms with E-state index in [1.54, 1.807) is 19.1 Å². The van der Waals surface area contributed by atoms with Gasteiger partial charge in [-0.05, 0) is 48.4 Å². The van der Waals surface area contributed by atoms with Crippen molar-refractivity contribution < 1.29 is 4.39 Å². The molecule has 0 fully saturated rings. The van der Waals surface area contributed by atoms with E-state index in [9.17, 15) is 4.39 Å². The second-order valence-corrected chi connectivity index (χ2v) is 8.63. The average molecular weight is 460 g/mol. The molecule has 0 spiro atoms. The maximum Gasteiger partial charge on any atom is 0.189 e. The molecule has 0 saturated carbocycles. The van der Waals surface area contributed by atoms with Crippen molar-refractivity contribution in [3.8, 4) is 0 Å². The van der Waals surface area contributed by atoms with Crippen LogP contribution in [0.3, 0.4) is 0 Å². The van der Waals surface area contributed by atoms with Crippen LogP contribution in [-0.4, -0.2) is 24.5 Å². The summed E-state index contributed by atoms with van der Waals surface area (Å²) in [5.41, 5.74) is 4.07. The molecule has 2 N–H and O–H groups in total. The van der Waals surface area contributed by atoms with Crippen molar-refractivity contribution in [3.63, 3.8) is 0 Å². The summed E-state index contributed by atoms with van der Waals surface area (Å²) in [6.07, 6.45) is 6.22. The van der Waals surface area contributed by atoms with Gasteiger partial charge < -0.3 is 15.2 Å². The van der Waals surface area contributed by atoms with Crippen molar-refractivity contribution in [3.05, 3.63) is 84.0 Å². The topological polar surface area (TPSA) is 80.6 Å². The van der Waals surface area contributed by atoms with Crippen LogP contribution in [0, 0.1) is 12.7 Å². The third kappa shape index (κ3) is 4.54. The SMILES string of the molecule is CCc1nccn1Cc1ccc(Nc2nc3ncnc(Nc4ccc(F)c(C)c4)c3s2)cc1. The Morgan fingerprint density at radius 3 is 2.61 bits per heavy atom. The van der Waals surface area contributed by atoms with Crippen LogP contribution in [-0.2, 0) is 13.0 Å². The van der Waals surface area contributed by atoms with E-state index >= 15 is 0 Å². The third-order valence-corrected chi connectivity index (χ3v) is 6.25. The molecule has 9 heteroatoms. The number of rotatable bonds is 7. The molecule has 166 valence electrons. The van der Waals surface area contributed by atoms with E-state index in [2.05, 4.69) is 54.2 Å². The average Bonchev–Trinajstić information content (AvgIpc) is 3.44. The number of halogens is 1. The zero-order valence-electron chi connectivity index (χ0n) is 18.2. The molecule has 0 aliphatic carbocycles. The molecule has 0 radical (unpaired) electrons. The number of benzene rings is 2. The van der Waals surface area contributed by atoms with Crippen molar-refractivity contribution in [1.82, 2.24) is 24.5 Å². The number of hydrogen-bond donors (Lipinski definition) is 2. The summed E-state index contributed by atoms with van der Waals surface area (Å²) in [6.45, 7) is 4.63. The number of nitrogens with one attached hydrogen (secondary N) is 2. The summed E-state index contributed by atoms with van der Waals surface area (Å²) in [6, 6.07) is 13.1. The van der Waals surface area contributed by atoms with Crippen LogP contribution in [0.5, 0.6) is 0 Å². The number of thiazole rings is 1. The van der Waals surface area contributed by atoms with Gasteiger partial charge >= 0.3 is 0 Å². The number of imidazole rings is 1. The van der Waals surface area contributed by atoms with Gasteiger partial charge in [-0.3, -0.25) is 0 Å². The normalized spacial score (nSPS) is 11.1. The fourth-order valence-corrected chi connectivity index (χ4v) is 4.45. The molecule has 2 aromatic carbocycles. The van der Waals surface area contributed by atoms with Crippen LogP contribution >= 0.6 is 11.3 Å². The second kappa shape index (κ2) is 8.95. The summed E-state index contributed by atoms with van der Waals surface area (Å²) in [5, 5.41) is 7.32. The van der Waals surface area contributed by atoms with E-state index in [0.29, 0.717) is 17.0 Å². The molecule has 0 saturated heterocycles. The highest BCUT2D eigenvalue weighted by Crippen LogP contribution is 2.33. The molecule has 0 atom stereocenters. The molecule has 0 aliphatic rings. The first kappa shape index (κ1) is 21.0. The summed E-state index contributed by atoms with van der Waals surface area (Å²) in [5.74, 6) is 1.48. The Bertz CT molecular complexity index is 1410. The fraction of sp³-hybridized carbons (Fsp3) is 0.167. The largest absolute Gasteiger partial charge is 0.339 e. The molecule has 5 rings (SSSR count). The van der Waals surface area contributed by atoms with E-state index in [-0.39, 0.29) is 5.82 Å². The molecule has 0 aliphatic heterocycles. The van der Waals surface area contributed by atoms with Crippen LogP contribution in [0.1, 0.15) is 23.9 Å². The van der Waals surface area contributed by atoms with E-state index in [1.165, 1.54) is 29.3 Å². The Morgan fingerprint density at radius 2 is 1.82 bits per heavy atom. The van der Waals surface area contributed by atoms with Gasteiger partial charge in [-0.1, -0.05) is 30.4 Å². The first-order valence-electron chi connectivity index (χ1n) is 10.6. The van der Waals surface area contributed by atoms with E-state index in [4.69, 9.17) is 0 Å². The lowest BCUT2D eigenvalue weighted by Crippen LogP contribution is -2.03. The van der Waals surface area contributed by atoms with E-state index < -0.39 is 0 Å². The van der Waals surface area contributed by atoms with E-state index in [0.717, 1.165) is 40.0 Å². The zero-order valence-corrected chi connectivity index (χ0v) is 19.0. The van der Waals surface area contributed by atoms with Gasteiger partial charge in [0, 0.05) is 36.7 Å². The lowest BCUT2D eigenvalue weighted by atomic mass is 10.2. The molecular weight excluding hydrogens is 437 g/mol. The minimum atomic E-state index is -0.237. The predicted molar refractivity (Wildman–Crippen MR) is 130 cm³/mol. The molecule has 0 amide bonds.